The Kier molecular flexibility index (Phi) is 5.25. The molecule has 1 aromatic heterocycles. The lowest BCUT2D eigenvalue weighted by Crippen LogP contribution is -2.39. The second-order valence-electron chi connectivity index (χ2n) is 5.75. The summed E-state index contributed by atoms with van der Waals surface area (Å²) in [6.45, 7) is 5.82. The third-order valence-corrected chi connectivity index (χ3v) is 3.04. The number of halogens is 4. The second-order valence-corrected chi connectivity index (χ2v) is 6.14. The van der Waals surface area contributed by atoms with Crippen molar-refractivity contribution in [2.45, 2.75) is 39.3 Å². The number of amides is 1. The molecular weight excluding hydrogens is 305 g/mol. The minimum atomic E-state index is -4.44. The van der Waals surface area contributed by atoms with E-state index in [1.807, 2.05) is 20.8 Å². The third kappa shape index (κ3) is 5.19. The van der Waals surface area contributed by atoms with Crippen LogP contribution < -0.4 is 0 Å². The molecule has 0 aromatic carbocycles. The Balaban J connectivity index is 3.14. The van der Waals surface area contributed by atoms with Crippen molar-refractivity contribution in [3.63, 3.8) is 0 Å². The van der Waals surface area contributed by atoms with Gasteiger partial charge in [-0.3, -0.25) is 4.79 Å². The van der Waals surface area contributed by atoms with E-state index in [-0.39, 0.29) is 22.7 Å². The number of hydrogen-bond acceptors (Lipinski definition) is 2. The summed E-state index contributed by atoms with van der Waals surface area (Å²) in [6.07, 6.45) is -4.44. The molecule has 0 aliphatic heterocycles. The third-order valence-electron chi connectivity index (χ3n) is 2.85. The first-order valence-corrected chi connectivity index (χ1v) is 6.86. The van der Waals surface area contributed by atoms with Crippen LogP contribution in [0.2, 0.25) is 5.15 Å². The first-order valence-electron chi connectivity index (χ1n) is 6.48. The standard InChI is InChI=1S/C14H18ClF3N2O/c1-5-20(8-14(16,17)18)12(21)9-6-10(13(2,3)4)19-11(15)7-9/h6-7H,5,8H2,1-4H3. The maximum absolute atomic E-state index is 12.5. The Labute approximate surface area is 127 Å². The number of alkyl halides is 3. The highest BCUT2D eigenvalue weighted by Crippen LogP contribution is 2.25. The maximum atomic E-state index is 12.5. The molecule has 0 unspecified atom stereocenters. The Bertz CT molecular complexity index is 524. The molecule has 3 nitrogen and oxygen atoms in total. The molecule has 0 atom stereocenters. The van der Waals surface area contributed by atoms with E-state index in [0.717, 1.165) is 4.90 Å². The van der Waals surface area contributed by atoms with E-state index in [4.69, 9.17) is 11.6 Å². The molecule has 0 aliphatic carbocycles. The van der Waals surface area contributed by atoms with Crippen molar-refractivity contribution < 1.29 is 18.0 Å². The van der Waals surface area contributed by atoms with Gasteiger partial charge in [0.05, 0.1) is 0 Å². The average molecular weight is 323 g/mol. The van der Waals surface area contributed by atoms with Crippen molar-refractivity contribution in [1.29, 1.82) is 0 Å². The van der Waals surface area contributed by atoms with E-state index in [9.17, 15) is 18.0 Å². The lowest BCUT2D eigenvalue weighted by Gasteiger charge is -2.24. The number of nitrogens with zero attached hydrogens (tertiary/aromatic N) is 2. The SMILES string of the molecule is CCN(CC(F)(F)F)C(=O)c1cc(Cl)nc(C(C)(C)C)c1. The Hall–Kier alpha value is -1.30. The summed E-state index contributed by atoms with van der Waals surface area (Å²) < 4.78 is 37.5. The summed E-state index contributed by atoms with van der Waals surface area (Å²) in [6, 6.07) is 2.78. The Morgan fingerprint density at radius 2 is 1.86 bits per heavy atom. The predicted octanol–water partition coefficient (Wildman–Crippen LogP) is 4.06. The monoisotopic (exact) mass is 322 g/mol. The fourth-order valence-corrected chi connectivity index (χ4v) is 1.94. The molecule has 0 N–H and O–H groups in total. The van der Waals surface area contributed by atoms with Crippen LogP contribution in [0.4, 0.5) is 13.2 Å². The smallest absolute Gasteiger partial charge is 0.330 e. The zero-order chi connectivity index (χ0) is 16.4. The van der Waals surface area contributed by atoms with Crippen LogP contribution in [0.1, 0.15) is 43.7 Å². The fraction of sp³-hybridized carbons (Fsp3) is 0.571. The predicted molar refractivity (Wildman–Crippen MR) is 75.6 cm³/mol. The van der Waals surface area contributed by atoms with Gasteiger partial charge in [-0.1, -0.05) is 32.4 Å². The van der Waals surface area contributed by atoms with Crippen molar-refractivity contribution in [2.24, 2.45) is 0 Å². The van der Waals surface area contributed by atoms with Crippen molar-refractivity contribution in [3.8, 4) is 0 Å². The zero-order valence-electron chi connectivity index (χ0n) is 12.4. The number of carbonyl (C=O) groups excluding carboxylic acids is 1. The topological polar surface area (TPSA) is 33.2 Å². The molecule has 0 spiro atoms. The van der Waals surface area contributed by atoms with E-state index in [2.05, 4.69) is 4.98 Å². The molecule has 0 saturated heterocycles. The minimum Gasteiger partial charge on any atom is -0.330 e. The molecule has 1 heterocycles. The highest BCUT2D eigenvalue weighted by Gasteiger charge is 2.33. The molecule has 1 aromatic rings. The molecule has 1 rings (SSSR count). The van der Waals surface area contributed by atoms with Crippen molar-refractivity contribution in [3.05, 3.63) is 28.5 Å². The summed E-state index contributed by atoms with van der Waals surface area (Å²) in [7, 11) is 0. The van der Waals surface area contributed by atoms with Gasteiger partial charge in [-0.15, -0.1) is 0 Å². The molecule has 21 heavy (non-hydrogen) atoms. The van der Waals surface area contributed by atoms with Gasteiger partial charge < -0.3 is 4.90 Å². The van der Waals surface area contributed by atoms with E-state index < -0.39 is 18.6 Å². The van der Waals surface area contributed by atoms with Crippen molar-refractivity contribution in [1.82, 2.24) is 9.88 Å². The molecule has 0 aliphatic rings. The van der Waals surface area contributed by atoms with E-state index in [0.29, 0.717) is 5.69 Å². The van der Waals surface area contributed by atoms with Gasteiger partial charge in [0.15, 0.2) is 0 Å². The number of rotatable bonds is 3. The molecule has 7 heteroatoms. The molecule has 118 valence electrons. The zero-order valence-corrected chi connectivity index (χ0v) is 13.1. The van der Waals surface area contributed by atoms with Crippen molar-refractivity contribution >= 4 is 17.5 Å². The highest BCUT2D eigenvalue weighted by molar-refractivity contribution is 6.29. The van der Waals surface area contributed by atoms with Crippen LogP contribution >= 0.6 is 11.6 Å². The number of pyridine rings is 1. The van der Waals surface area contributed by atoms with Crippen LogP contribution in [0, 0.1) is 0 Å². The van der Waals surface area contributed by atoms with Gasteiger partial charge in [-0.05, 0) is 19.1 Å². The van der Waals surface area contributed by atoms with Gasteiger partial charge >= 0.3 is 6.18 Å². The van der Waals surface area contributed by atoms with Gasteiger partial charge in [0.25, 0.3) is 5.91 Å². The molecule has 0 saturated carbocycles. The van der Waals surface area contributed by atoms with Crippen molar-refractivity contribution in [2.75, 3.05) is 13.1 Å². The van der Waals surface area contributed by atoms with Crippen LogP contribution in [0.5, 0.6) is 0 Å². The fourth-order valence-electron chi connectivity index (χ4n) is 1.73. The second kappa shape index (κ2) is 6.22. The van der Waals surface area contributed by atoms with Crippen LogP contribution in [0.15, 0.2) is 12.1 Å². The first-order chi connectivity index (χ1) is 9.44. The van der Waals surface area contributed by atoms with Gasteiger partial charge in [-0.2, -0.15) is 13.2 Å². The van der Waals surface area contributed by atoms with Gasteiger partial charge in [0.1, 0.15) is 11.7 Å². The summed E-state index contributed by atoms with van der Waals surface area (Å²) in [4.78, 5) is 17.1. The first kappa shape index (κ1) is 17.8. The molecule has 0 bridgehead atoms. The summed E-state index contributed by atoms with van der Waals surface area (Å²) >= 11 is 5.88. The lowest BCUT2D eigenvalue weighted by atomic mass is 9.91. The van der Waals surface area contributed by atoms with Gasteiger partial charge in [0.2, 0.25) is 0 Å². The molecule has 0 radical (unpaired) electrons. The number of carbonyl (C=O) groups is 1. The lowest BCUT2D eigenvalue weighted by molar-refractivity contribution is -0.140. The summed E-state index contributed by atoms with van der Waals surface area (Å²) in [5.74, 6) is -0.704. The van der Waals surface area contributed by atoms with Gasteiger partial charge in [0, 0.05) is 23.2 Å². The number of aromatic nitrogens is 1. The van der Waals surface area contributed by atoms with Gasteiger partial charge in [-0.25, -0.2) is 4.98 Å². The molecule has 1 amide bonds. The number of hydrogen-bond donors (Lipinski definition) is 0. The maximum Gasteiger partial charge on any atom is 0.406 e. The van der Waals surface area contributed by atoms with E-state index >= 15 is 0 Å². The highest BCUT2D eigenvalue weighted by atomic mass is 35.5. The quantitative estimate of drug-likeness (QED) is 0.786. The molecule has 0 fully saturated rings. The normalized spacial score (nSPS) is 12.4. The summed E-state index contributed by atoms with van der Waals surface area (Å²) in [5, 5.41) is 0.0915. The Morgan fingerprint density at radius 1 is 1.29 bits per heavy atom. The minimum absolute atomic E-state index is 0.0386. The largest absolute Gasteiger partial charge is 0.406 e. The van der Waals surface area contributed by atoms with Crippen LogP contribution in [0.3, 0.4) is 0 Å². The van der Waals surface area contributed by atoms with E-state index in [1.54, 1.807) is 0 Å². The Morgan fingerprint density at radius 3 is 2.29 bits per heavy atom. The van der Waals surface area contributed by atoms with Crippen LogP contribution in [-0.4, -0.2) is 35.1 Å². The average Bonchev–Trinajstić information content (AvgIpc) is 2.32. The summed E-state index contributed by atoms with van der Waals surface area (Å²) in [5.41, 5.74) is 0.313. The molecular formula is C14H18ClF3N2O. The van der Waals surface area contributed by atoms with E-state index in [1.165, 1.54) is 19.1 Å². The van der Waals surface area contributed by atoms with Crippen LogP contribution in [-0.2, 0) is 5.41 Å². The van der Waals surface area contributed by atoms with Crippen LogP contribution in [0.25, 0.3) is 0 Å².